The van der Waals surface area contributed by atoms with Gasteiger partial charge in [-0.15, -0.1) is 0 Å². The molecule has 9 heteroatoms. The molecule has 3 aromatic heterocycles. The van der Waals surface area contributed by atoms with Gasteiger partial charge in [0.1, 0.15) is 22.6 Å². The molecular formula is C26H26ClN5O3. The van der Waals surface area contributed by atoms with E-state index >= 15 is 0 Å². The summed E-state index contributed by atoms with van der Waals surface area (Å²) in [5.41, 5.74) is 2.90. The van der Waals surface area contributed by atoms with Gasteiger partial charge in [-0.05, 0) is 58.4 Å². The molecule has 180 valence electrons. The van der Waals surface area contributed by atoms with Crippen LogP contribution in [0.5, 0.6) is 0 Å². The van der Waals surface area contributed by atoms with Crippen molar-refractivity contribution < 1.29 is 9.52 Å². The summed E-state index contributed by atoms with van der Waals surface area (Å²) in [6.07, 6.45) is 3.38. The van der Waals surface area contributed by atoms with Crippen molar-refractivity contribution in [2.45, 2.75) is 52.8 Å². The van der Waals surface area contributed by atoms with Gasteiger partial charge in [-0.3, -0.25) is 9.48 Å². The molecule has 0 amide bonds. The average molecular weight is 492 g/mol. The second-order valence-corrected chi connectivity index (χ2v) is 9.75. The Bertz CT molecular complexity index is 1530. The van der Waals surface area contributed by atoms with Crippen molar-refractivity contribution in [1.29, 1.82) is 5.26 Å². The molecule has 0 aliphatic rings. The van der Waals surface area contributed by atoms with Crippen LogP contribution in [0.1, 0.15) is 49.2 Å². The first kappa shape index (κ1) is 24.5. The molecule has 1 atom stereocenters. The van der Waals surface area contributed by atoms with E-state index in [1.807, 2.05) is 32.0 Å². The number of aromatic nitrogens is 3. The Morgan fingerprint density at radius 3 is 2.74 bits per heavy atom. The zero-order chi connectivity index (χ0) is 25.5. The molecule has 8 nitrogen and oxygen atoms in total. The number of nitrogens with one attached hydrogen (secondary N) is 1. The van der Waals surface area contributed by atoms with Crippen molar-refractivity contribution in [3.63, 3.8) is 0 Å². The molecule has 0 bridgehead atoms. The van der Waals surface area contributed by atoms with Crippen molar-refractivity contribution in [1.82, 2.24) is 14.8 Å². The predicted molar refractivity (Wildman–Crippen MR) is 135 cm³/mol. The van der Waals surface area contributed by atoms with Crippen LogP contribution in [-0.2, 0) is 6.54 Å². The van der Waals surface area contributed by atoms with E-state index in [0.717, 1.165) is 11.1 Å². The molecule has 1 aromatic carbocycles. The summed E-state index contributed by atoms with van der Waals surface area (Å²) >= 11 is 5.93. The zero-order valence-electron chi connectivity index (χ0n) is 20.2. The lowest BCUT2D eigenvalue weighted by atomic mass is 9.99. The van der Waals surface area contributed by atoms with Crippen molar-refractivity contribution in [2.24, 2.45) is 0 Å². The molecular weight excluding hydrogens is 466 g/mol. The van der Waals surface area contributed by atoms with E-state index in [1.165, 1.54) is 0 Å². The lowest BCUT2D eigenvalue weighted by Crippen LogP contribution is -2.26. The number of hydrogen-bond acceptors (Lipinski definition) is 7. The molecule has 0 saturated carbocycles. The number of nitrogens with zero attached hydrogens (tertiary/aromatic N) is 4. The number of hydrogen-bond donors (Lipinski definition) is 2. The maximum absolute atomic E-state index is 13.4. The molecule has 3 heterocycles. The number of benzene rings is 1. The SMILES string of the molecule is Cc1cc([C@@H](C)Nc2ccc(Cl)nc2C#N)c2oc(-c3cnn(CC(C)(C)O)c3)c(C)c(=O)c2c1. The largest absolute Gasteiger partial charge is 0.455 e. The number of rotatable bonds is 6. The summed E-state index contributed by atoms with van der Waals surface area (Å²) < 4.78 is 7.99. The normalized spacial score (nSPS) is 12.5. The van der Waals surface area contributed by atoms with Crippen LogP contribution in [0.25, 0.3) is 22.3 Å². The molecule has 0 fully saturated rings. The third-order valence-corrected chi connectivity index (χ3v) is 5.85. The number of halogens is 1. The minimum atomic E-state index is -0.937. The maximum Gasteiger partial charge on any atom is 0.196 e. The fourth-order valence-corrected chi connectivity index (χ4v) is 4.22. The first-order valence-corrected chi connectivity index (χ1v) is 11.5. The molecule has 0 aliphatic carbocycles. The molecule has 0 spiro atoms. The van der Waals surface area contributed by atoms with E-state index in [4.69, 9.17) is 16.0 Å². The molecule has 2 N–H and O–H groups in total. The minimum absolute atomic E-state index is 0.125. The first-order chi connectivity index (χ1) is 16.5. The van der Waals surface area contributed by atoms with Gasteiger partial charge in [-0.25, -0.2) is 4.98 Å². The topological polar surface area (TPSA) is 117 Å². The maximum atomic E-state index is 13.4. The van der Waals surface area contributed by atoms with Gasteiger partial charge >= 0.3 is 0 Å². The highest BCUT2D eigenvalue weighted by atomic mass is 35.5. The predicted octanol–water partition coefficient (Wildman–Crippen LogP) is 5.14. The summed E-state index contributed by atoms with van der Waals surface area (Å²) in [5.74, 6) is 0.424. The quantitative estimate of drug-likeness (QED) is 0.359. The van der Waals surface area contributed by atoms with Crippen LogP contribution in [-0.4, -0.2) is 25.5 Å². The number of fused-ring (bicyclic) bond motifs is 1. The van der Waals surface area contributed by atoms with Crippen LogP contribution in [0, 0.1) is 25.2 Å². The van der Waals surface area contributed by atoms with Crippen LogP contribution in [0.2, 0.25) is 5.15 Å². The number of anilines is 1. The Kier molecular flexibility index (Phi) is 6.41. The lowest BCUT2D eigenvalue weighted by Gasteiger charge is -2.19. The number of aryl methyl sites for hydroxylation is 1. The lowest BCUT2D eigenvalue weighted by molar-refractivity contribution is 0.0577. The number of pyridine rings is 1. The first-order valence-electron chi connectivity index (χ1n) is 11.1. The van der Waals surface area contributed by atoms with Gasteiger partial charge in [0.25, 0.3) is 0 Å². The molecule has 0 radical (unpaired) electrons. The van der Waals surface area contributed by atoms with Crippen molar-refractivity contribution in [3.05, 3.63) is 74.4 Å². The summed E-state index contributed by atoms with van der Waals surface area (Å²) in [7, 11) is 0. The Hall–Kier alpha value is -3.67. The molecule has 0 aliphatic heterocycles. The molecule has 4 rings (SSSR count). The molecule has 4 aromatic rings. The van der Waals surface area contributed by atoms with Gasteiger partial charge in [0.2, 0.25) is 0 Å². The van der Waals surface area contributed by atoms with E-state index < -0.39 is 5.60 Å². The molecule has 35 heavy (non-hydrogen) atoms. The van der Waals surface area contributed by atoms with Crippen molar-refractivity contribution >= 4 is 28.3 Å². The summed E-state index contributed by atoms with van der Waals surface area (Å²) in [6, 6.07) is 8.81. The van der Waals surface area contributed by atoms with E-state index in [9.17, 15) is 15.2 Å². The van der Waals surface area contributed by atoms with Crippen molar-refractivity contribution in [3.8, 4) is 17.4 Å². The zero-order valence-corrected chi connectivity index (χ0v) is 20.9. The van der Waals surface area contributed by atoms with Gasteiger partial charge in [-0.2, -0.15) is 10.4 Å². The molecule has 0 saturated heterocycles. The van der Waals surface area contributed by atoms with E-state index in [0.29, 0.717) is 40.1 Å². The fourth-order valence-electron chi connectivity index (χ4n) is 4.08. The van der Waals surface area contributed by atoms with E-state index in [1.54, 1.807) is 50.0 Å². The molecule has 0 unspecified atom stereocenters. The highest BCUT2D eigenvalue weighted by molar-refractivity contribution is 6.29. The fraction of sp³-hybridized carbons (Fsp3) is 0.308. The third kappa shape index (κ3) is 5.06. The minimum Gasteiger partial charge on any atom is -0.455 e. The number of nitriles is 1. The summed E-state index contributed by atoms with van der Waals surface area (Å²) in [6.45, 7) is 9.27. The average Bonchev–Trinajstić information content (AvgIpc) is 3.23. The summed E-state index contributed by atoms with van der Waals surface area (Å²) in [5, 5.41) is 27.9. The second-order valence-electron chi connectivity index (χ2n) is 9.36. The van der Waals surface area contributed by atoms with E-state index in [-0.39, 0.29) is 22.3 Å². The van der Waals surface area contributed by atoms with Gasteiger partial charge in [0.05, 0.1) is 41.0 Å². The number of aliphatic hydroxyl groups is 1. The van der Waals surface area contributed by atoms with Gasteiger partial charge in [0, 0.05) is 17.3 Å². The Morgan fingerprint density at radius 1 is 1.31 bits per heavy atom. The van der Waals surface area contributed by atoms with E-state index in [2.05, 4.69) is 15.4 Å². The van der Waals surface area contributed by atoms with Crippen LogP contribution < -0.4 is 10.7 Å². The van der Waals surface area contributed by atoms with Crippen LogP contribution in [0.3, 0.4) is 0 Å². The van der Waals surface area contributed by atoms with Crippen LogP contribution in [0.15, 0.2) is 45.9 Å². The van der Waals surface area contributed by atoms with Gasteiger partial charge in [-0.1, -0.05) is 17.7 Å². The van der Waals surface area contributed by atoms with Crippen LogP contribution >= 0.6 is 11.6 Å². The third-order valence-electron chi connectivity index (χ3n) is 5.64. The standard InChI is InChI=1S/C26H26ClN5O3/c1-14-8-18(16(3)30-20-6-7-22(27)31-21(20)10-28)25-19(9-14)23(33)15(2)24(35-25)17-11-29-32(12-17)13-26(4,5)34/h6-9,11-12,16,30,34H,13H2,1-5H3/t16-/m1/s1. The van der Waals surface area contributed by atoms with Gasteiger partial charge < -0.3 is 14.8 Å². The monoisotopic (exact) mass is 491 g/mol. The summed E-state index contributed by atoms with van der Waals surface area (Å²) in [4.78, 5) is 17.4. The van der Waals surface area contributed by atoms with Crippen molar-refractivity contribution in [2.75, 3.05) is 5.32 Å². The highest BCUT2D eigenvalue weighted by Gasteiger charge is 2.21. The second kappa shape index (κ2) is 9.17. The highest BCUT2D eigenvalue weighted by Crippen LogP contribution is 2.32. The van der Waals surface area contributed by atoms with Gasteiger partial charge in [0.15, 0.2) is 11.1 Å². The van der Waals surface area contributed by atoms with Crippen LogP contribution in [0.4, 0.5) is 5.69 Å². The Labute approximate surface area is 207 Å². The Morgan fingerprint density at radius 2 is 2.06 bits per heavy atom. The smallest absolute Gasteiger partial charge is 0.196 e. The Balaban J connectivity index is 1.83.